The molecule has 0 radical (unpaired) electrons. The first-order valence-corrected chi connectivity index (χ1v) is 12.2. The summed E-state index contributed by atoms with van der Waals surface area (Å²) in [6.45, 7) is 15.8. The first-order chi connectivity index (χ1) is 15.6. The molecule has 0 unspecified atom stereocenters. The molecule has 0 aromatic heterocycles. The number of benzene rings is 2. The van der Waals surface area contributed by atoms with E-state index >= 15 is 0 Å². The molecule has 4 rings (SSSR count). The molecule has 2 aliphatic heterocycles. The molecule has 1 saturated heterocycles. The fourth-order valence-corrected chi connectivity index (χ4v) is 4.82. The predicted octanol–water partition coefficient (Wildman–Crippen LogP) is 5.73. The highest BCUT2D eigenvalue weighted by Gasteiger charge is 2.26. The van der Waals surface area contributed by atoms with Crippen molar-refractivity contribution in [2.45, 2.75) is 46.2 Å². The molecule has 1 atom stereocenters. The summed E-state index contributed by atoms with van der Waals surface area (Å²) >= 11 is 0. The second kappa shape index (κ2) is 10.9. The topological polar surface area (TPSA) is 24.9 Å². The van der Waals surface area contributed by atoms with Crippen LogP contribution < -0.4 is 9.47 Å². The fraction of sp³-hybridized carbons (Fsp3) is 0.500. The molecule has 32 heavy (non-hydrogen) atoms. The molecule has 4 nitrogen and oxygen atoms in total. The maximum absolute atomic E-state index is 5.93. The normalized spacial score (nSPS) is 18.9. The molecule has 2 aliphatic rings. The van der Waals surface area contributed by atoms with Crippen molar-refractivity contribution in [1.82, 2.24) is 9.80 Å². The molecule has 4 heteroatoms. The van der Waals surface area contributed by atoms with Gasteiger partial charge in [-0.25, -0.2) is 0 Å². The molecule has 0 amide bonds. The second-order valence-electron chi connectivity index (χ2n) is 9.66. The van der Waals surface area contributed by atoms with Crippen molar-refractivity contribution in [2.75, 3.05) is 32.8 Å². The minimum atomic E-state index is 0.506. The zero-order valence-electron chi connectivity index (χ0n) is 19.8. The van der Waals surface area contributed by atoms with Crippen LogP contribution in [0.15, 0.2) is 60.8 Å². The average Bonchev–Trinajstić information content (AvgIpc) is 3.04. The lowest BCUT2D eigenvalue weighted by molar-refractivity contribution is 0.155. The number of hydrogen-bond donors (Lipinski definition) is 0. The summed E-state index contributed by atoms with van der Waals surface area (Å²) in [5.41, 5.74) is 3.93. The molecular formula is C28H38N2O2. The van der Waals surface area contributed by atoms with Gasteiger partial charge in [0.1, 0.15) is 0 Å². The van der Waals surface area contributed by atoms with Gasteiger partial charge in [-0.2, -0.15) is 0 Å². The maximum atomic E-state index is 5.93. The van der Waals surface area contributed by atoms with Gasteiger partial charge in [0.2, 0.25) is 0 Å². The van der Waals surface area contributed by atoms with Crippen LogP contribution in [0, 0.1) is 11.8 Å². The summed E-state index contributed by atoms with van der Waals surface area (Å²) in [6, 6.07) is 17.2. The van der Waals surface area contributed by atoms with Crippen molar-refractivity contribution in [3.05, 3.63) is 71.9 Å². The molecule has 1 fully saturated rings. The van der Waals surface area contributed by atoms with Gasteiger partial charge in [0, 0.05) is 44.2 Å². The van der Waals surface area contributed by atoms with Gasteiger partial charge in [-0.05, 0) is 48.6 Å². The van der Waals surface area contributed by atoms with Gasteiger partial charge < -0.3 is 14.4 Å². The largest absolute Gasteiger partial charge is 0.490 e. The Morgan fingerprint density at radius 2 is 1.81 bits per heavy atom. The lowest BCUT2D eigenvalue weighted by Crippen LogP contribution is -2.39. The summed E-state index contributed by atoms with van der Waals surface area (Å²) in [4.78, 5) is 5.09. The summed E-state index contributed by atoms with van der Waals surface area (Å²) in [5, 5.41) is 0. The highest BCUT2D eigenvalue weighted by Crippen LogP contribution is 2.32. The lowest BCUT2D eigenvalue weighted by atomic mass is 9.93. The molecule has 0 bridgehead atoms. The van der Waals surface area contributed by atoms with E-state index in [1.807, 2.05) is 0 Å². The molecule has 0 N–H and O–H groups in total. The smallest absolute Gasteiger partial charge is 0.161 e. The van der Waals surface area contributed by atoms with E-state index in [0.29, 0.717) is 11.8 Å². The Balaban J connectivity index is 1.44. The maximum Gasteiger partial charge on any atom is 0.161 e. The molecule has 0 aliphatic carbocycles. The summed E-state index contributed by atoms with van der Waals surface area (Å²) < 4.78 is 11.7. The SMILES string of the molecule is C=C([C@@H]1CCCN(Cc2ccccc2)C1)N(Cc1ccc2c(c1)OCCCO2)CC(C)C. The van der Waals surface area contributed by atoms with Crippen LogP contribution in [-0.2, 0) is 13.1 Å². The van der Waals surface area contributed by atoms with Crippen LogP contribution in [0.2, 0.25) is 0 Å². The van der Waals surface area contributed by atoms with E-state index in [1.54, 1.807) is 0 Å². The van der Waals surface area contributed by atoms with Crippen LogP contribution in [0.25, 0.3) is 0 Å². The van der Waals surface area contributed by atoms with Crippen LogP contribution in [0.3, 0.4) is 0 Å². The molecule has 0 saturated carbocycles. The van der Waals surface area contributed by atoms with Gasteiger partial charge in [-0.1, -0.05) is 56.8 Å². The van der Waals surface area contributed by atoms with E-state index in [2.05, 4.69) is 78.8 Å². The van der Waals surface area contributed by atoms with Crippen molar-refractivity contribution in [2.24, 2.45) is 11.8 Å². The number of rotatable bonds is 8. The Labute approximate surface area is 193 Å². The highest BCUT2D eigenvalue weighted by molar-refractivity contribution is 5.43. The Bertz CT molecular complexity index is 880. The predicted molar refractivity (Wildman–Crippen MR) is 131 cm³/mol. The molecule has 2 aromatic carbocycles. The van der Waals surface area contributed by atoms with E-state index in [-0.39, 0.29) is 0 Å². The van der Waals surface area contributed by atoms with E-state index in [0.717, 1.165) is 57.3 Å². The first kappa shape index (κ1) is 22.7. The summed E-state index contributed by atoms with van der Waals surface area (Å²) in [6.07, 6.45) is 3.39. The van der Waals surface area contributed by atoms with Crippen molar-refractivity contribution < 1.29 is 9.47 Å². The number of likely N-dealkylation sites (tertiary alicyclic amines) is 1. The molecule has 2 heterocycles. The van der Waals surface area contributed by atoms with E-state index in [9.17, 15) is 0 Å². The second-order valence-corrected chi connectivity index (χ2v) is 9.66. The quantitative estimate of drug-likeness (QED) is 0.530. The monoisotopic (exact) mass is 434 g/mol. The minimum Gasteiger partial charge on any atom is -0.490 e. The summed E-state index contributed by atoms with van der Waals surface area (Å²) in [5.74, 6) is 2.83. The van der Waals surface area contributed by atoms with Crippen molar-refractivity contribution in [1.29, 1.82) is 0 Å². The molecule has 0 spiro atoms. The Morgan fingerprint density at radius 1 is 1.03 bits per heavy atom. The third-order valence-electron chi connectivity index (χ3n) is 6.40. The Hall–Kier alpha value is -2.46. The van der Waals surface area contributed by atoms with Crippen LogP contribution in [-0.4, -0.2) is 42.6 Å². The van der Waals surface area contributed by atoms with Gasteiger partial charge in [0.25, 0.3) is 0 Å². The standard InChI is InChI=1S/C28H38N2O2/c1-22(2)18-30(20-25-12-13-27-28(17-25)32-16-8-15-31-27)23(3)26-11-7-14-29(21-26)19-24-9-5-4-6-10-24/h4-6,9-10,12-13,17,22,26H,3,7-8,11,14-16,18-21H2,1-2H3/t26-/m1/s1. The number of piperidine rings is 1. The Kier molecular flexibility index (Phi) is 7.75. The van der Waals surface area contributed by atoms with Crippen LogP contribution in [0.1, 0.15) is 44.2 Å². The van der Waals surface area contributed by atoms with E-state index < -0.39 is 0 Å². The minimum absolute atomic E-state index is 0.506. The Morgan fingerprint density at radius 3 is 2.59 bits per heavy atom. The number of fused-ring (bicyclic) bond motifs is 1. The van der Waals surface area contributed by atoms with Crippen LogP contribution >= 0.6 is 0 Å². The van der Waals surface area contributed by atoms with Crippen molar-refractivity contribution in [3.8, 4) is 11.5 Å². The van der Waals surface area contributed by atoms with Crippen molar-refractivity contribution in [3.63, 3.8) is 0 Å². The molecule has 172 valence electrons. The first-order valence-electron chi connectivity index (χ1n) is 12.2. The zero-order chi connectivity index (χ0) is 22.3. The summed E-state index contributed by atoms with van der Waals surface area (Å²) in [7, 11) is 0. The third kappa shape index (κ3) is 6.07. The van der Waals surface area contributed by atoms with Crippen molar-refractivity contribution >= 4 is 0 Å². The molecular weight excluding hydrogens is 396 g/mol. The van der Waals surface area contributed by atoms with Gasteiger partial charge in [-0.3, -0.25) is 4.90 Å². The van der Waals surface area contributed by atoms with Gasteiger partial charge in [0.15, 0.2) is 11.5 Å². The number of hydrogen-bond acceptors (Lipinski definition) is 4. The highest BCUT2D eigenvalue weighted by atomic mass is 16.5. The fourth-order valence-electron chi connectivity index (χ4n) is 4.82. The molecule has 2 aromatic rings. The van der Waals surface area contributed by atoms with Crippen LogP contribution in [0.4, 0.5) is 0 Å². The third-order valence-corrected chi connectivity index (χ3v) is 6.40. The zero-order valence-corrected chi connectivity index (χ0v) is 19.8. The van der Waals surface area contributed by atoms with E-state index in [1.165, 1.54) is 36.2 Å². The lowest BCUT2D eigenvalue weighted by Gasteiger charge is -2.39. The number of nitrogens with zero attached hydrogens (tertiary/aromatic N) is 2. The van der Waals surface area contributed by atoms with Gasteiger partial charge >= 0.3 is 0 Å². The van der Waals surface area contributed by atoms with E-state index in [4.69, 9.17) is 9.47 Å². The van der Waals surface area contributed by atoms with Crippen LogP contribution in [0.5, 0.6) is 11.5 Å². The van der Waals surface area contributed by atoms with Gasteiger partial charge in [-0.15, -0.1) is 0 Å². The van der Waals surface area contributed by atoms with Gasteiger partial charge in [0.05, 0.1) is 13.2 Å². The average molecular weight is 435 g/mol. The number of ether oxygens (including phenoxy) is 2.